The second-order valence-electron chi connectivity index (χ2n) is 8.43. The van der Waals surface area contributed by atoms with Crippen LogP contribution in [0.2, 0.25) is 0 Å². The molecule has 0 fully saturated rings. The maximum Gasteiger partial charge on any atom is 1.00 e. The van der Waals surface area contributed by atoms with Crippen LogP contribution < -0.4 is 29.6 Å². The summed E-state index contributed by atoms with van der Waals surface area (Å²) in [5.41, 5.74) is 0. The van der Waals surface area contributed by atoms with Crippen molar-refractivity contribution < 1.29 is 47.6 Å². The van der Waals surface area contributed by atoms with E-state index in [1.165, 1.54) is 64.2 Å². The van der Waals surface area contributed by atoms with Gasteiger partial charge in [-0.05, 0) is 19.3 Å². The van der Waals surface area contributed by atoms with Crippen molar-refractivity contribution in [3.63, 3.8) is 0 Å². The van der Waals surface area contributed by atoms with Crippen molar-refractivity contribution >= 4 is 10.1 Å². The molecule has 4 nitrogen and oxygen atoms in total. The van der Waals surface area contributed by atoms with E-state index in [0.29, 0.717) is 19.4 Å². The zero-order chi connectivity index (χ0) is 20.9. The van der Waals surface area contributed by atoms with E-state index in [9.17, 15) is 13.0 Å². The predicted octanol–water partition coefficient (Wildman–Crippen LogP) is 3.72. The van der Waals surface area contributed by atoms with Crippen molar-refractivity contribution in [3.05, 3.63) is 0 Å². The Kier molecular flexibility index (Phi) is 26.0. The summed E-state index contributed by atoms with van der Waals surface area (Å²) in [6.07, 6.45) is 22.0. The van der Waals surface area contributed by atoms with E-state index in [1.54, 1.807) is 0 Å². The van der Waals surface area contributed by atoms with Crippen LogP contribution in [0.4, 0.5) is 0 Å². The Balaban J connectivity index is 0. The summed E-state index contributed by atoms with van der Waals surface area (Å²) in [7, 11) is -4.14. The van der Waals surface area contributed by atoms with E-state index < -0.39 is 15.4 Å². The number of hydrogen-bond acceptors (Lipinski definition) is 4. The minimum atomic E-state index is -4.14. The normalized spacial score (nSPS) is 12.7. The monoisotopic (exact) mass is 442 g/mol. The number of unbranched alkanes of at least 4 members (excludes halogenated alkanes) is 16. The molecule has 0 aromatic carbocycles. The summed E-state index contributed by atoms with van der Waals surface area (Å²) in [5.74, 6) is 0. The Morgan fingerprint density at radius 2 is 0.931 bits per heavy atom. The summed E-state index contributed by atoms with van der Waals surface area (Å²) in [4.78, 5) is 0. The van der Waals surface area contributed by atoms with Gasteiger partial charge in [-0.2, -0.15) is 0 Å². The van der Waals surface area contributed by atoms with E-state index in [2.05, 4.69) is 6.92 Å². The van der Waals surface area contributed by atoms with Crippen LogP contribution in [-0.4, -0.2) is 29.9 Å². The summed E-state index contributed by atoms with van der Waals surface area (Å²) in [6.45, 7) is 2.49. The Morgan fingerprint density at radius 1 is 0.621 bits per heavy atom. The maximum absolute atomic E-state index is 11.4. The van der Waals surface area contributed by atoms with Gasteiger partial charge in [0, 0.05) is 11.9 Å². The molecule has 0 aromatic rings. The largest absolute Gasteiger partial charge is 1.00 e. The van der Waals surface area contributed by atoms with Crippen LogP contribution in [0, 0.1) is 0 Å². The maximum atomic E-state index is 11.4. The number of rotatable bonds is 22. The fourth-order valence-electron chi connectivity index (χ4n) is 3.84. The zero-order valence-corrected chi connectivity index (χ0v) is 22.3. The standard InChI is InChI=1S/C23H48O4S.Na/c1-2-3-4-14-17-20-23(28(25,26)27)21-18-15-12-10-8-6-5-7-9-11-13-16-19-22-24;/h23-24H,2-22H2,1H3,(H,25,26,27);/q;+1/p-1. The Labute approximate surface area is 204 Å². The summed E-state index contributed by atoms with van der Waals surface area (Å²) in [6, 6.07) is 0. The first-order valence-corrected chi connectivity index (χ1v) is 13.5. The van der Waals surface area contributed by atoms with Crippen LogP contribution >= 0.6 is 0 Å². The van der Waals surface area contributed by atoms with Crippen molar-refractivity contribution in [1.29, 1.82) is 0 Å². The Morgan fingerprint density at radius 3 is 1.24 bits per heavy atom. The third-order valence-electron chi connectivity index (χ3n) is 5.72. The molecule has 0 bridgehead atoms. The Bertz CT molecular complexity index is 415. The molecule has 1 N–H and O–H groups in total. The van der Waals surface area contributed by atoms with Gasteiger partial charge >= 0.3 is 29.6 Å². The summed E-state index contributed by atoms with van der Waals surface area (Å²) < 4.78 is 34.3. The molecule has 0 aromatic heterocycles. The van der Waals surface area contributed by atoms with Gasteiger partial charge in [0.05, 0.1) is 10.1 Å². The van der Waals surface area contributed by atoms with Crippen molar-refractivity contribution in [1.82, 2.24) is 0 Å². The predicted molar refractivity (Wildman–Crippen MR) is 119 cm³/mol. The van der Waals surface area contributed by atoms with Crippen LogP contribution in [0.15, 0.2) is 0 Å². The van der Waals surface area contributed by atoms with E-state index in [4.69, 9.17) is 5.11 Å². The summed E-state index contributed by atoms with van der Waals surface area (Å²) in [5, 5.41) is 8.06. The molecule has 1 atom stereocenters. The van der Waals surface area contributed by atoms with Gasteiger partial charge in [0.1, 0.15) is 0 Å². The average molecular weight is 443 g/mol. The van der Waals surface area contributed by atoms with E-state index >= 15 is 0 Å². The van der Waals surface area contributed by atoms with E-state index in [1.807, 2.05) is 0 Å². The molecule has 0 aliphatic heterocycles. The molecule has 0 aliphatic carbocycles. The summed E-state index contributed by atoms with van der Waals surface area (Å²) >= 11 is 0. The molecule has 0 aliphatic rings. The minimum absolute atomic E-state index is 0. The smallest absolute Gasteiger partial charge is 0.748 e. The van der Waals surface area contributed by atoms with Gasteiger partial charge in [-0.15, -0.1) is 0 Å². The van der Waals surface area contributed by atoms with Crippen molar-refractivity contribution in [2.75, 3.05) is 6.61 Å². The van der Waals surface area contributed by atoms with Gasteiger partial charge in [0.25, 0.3) is 0 Å². The van der Waals surface area contributed by atoms with Crippen LogP contribution in [0.5, 0.6) is 0 Å². The molecule has 0 rings (SSSR count). The first-order chi connectivity index (χ1) is 13.5. The number of aliphatic hydroxyl groups excluding tert-OH is 1. The molecule has 0 spiro atoms. The molecule has 1 unspecified atom stereocenters. The molecule has 0 amide bonds. The van der Waals surface area contributed by atoms with Crippen LogP contribution in [0.1, 0.15) is 135 Å². The van der Waals surface area contributed by atoms with Gasteiger partial charge in [0.15, 0.2) is 0 Å². The minimum Gasteiger partial charge on any atom is -0.748 e. The van der Waals surface area contributed by atoms with Gasteiger partial charge < -0.3 is 9.66 Å². The van der Waals surface area contributed by atoms with Crippen LogP contribution in [-0.2, 0) is 10.1 Å². The molecule has 6 heteroatoms. The van der Waals surface area contributed by atoms with E-state index in [-0.39, 0.29) is 29.6 Å². The molecular weight excluding hydrogens is 395 g/mol. The molecule has 0 saturated carbocycles. The SMILES string of the molecule is CCCCCCCC(CCCCCCCCCCCCCCCO)S(=O)(=O)[O-].[Na+]. The van der Waals surface area contributed by atoms with Crippen LogP contribution in [0.3, 0.4) is 0 Å². The third-order valence-corrected chi connectivity index (χ3v) is 7.01. The quantitative estimate of drug-likeness (QED) is 0.157. The molecular formula is C23H47NaO4S. The van der Waals surface area contributed by atoms with Gasteiger partial charge in [-0.25, -0.2) is 8.42 Å². The van der Waals surface area contributed by atoms with Crippen molar-refractivity contribution in [2.24, 2.45) is 0 Å². The topological polar surface area (TPSA) is 77.4 Å². The molecule has 0 heterocycles. The van der Waals surface area contributed by atoms with Gasteiger partial charge in [0.2, 0.25) is 0 Å². The van der Waals surface area contributed by atoms with Gasteiger partial charge in [-0.3, -0.25) is 0 Å². The van der Waals surface area contributed by atoms with Crippen molar-refractivity contribution in [2.45, 2.75) is 141 Å². The molecule has 29 heavy (non-hydrogen) atoms. The van der Waals surface area contributed by atoms with E-state index in [0.717, 1.165) is 51.4 Å². The van der Waals surface area contributed by atoms with Gasteiger partial charge in [-0.1, -0.05) is 116 Å². The van der Waals surface area contributed by atoms with Crippen molar-refractivity contribution in [3.8, 4) is 0 Å². The zero-order valence-electron chi connectivity index (χ0n) is 19.5. The Hall–Kier alpha value is 0.870. The second kappa shape index (κ2) is 23.5. The molecule has 0 radical (unpaired) electrons. The van der Waals surface area contributed by atoms with Crippen LogP contribution in [0.25, 0.3) is 0 Å². The third kappa shape index (κ3) is 23.4. The first-order valence-electron chi connectivity index (χ1n) is 12.1. The fourth-order valence-corrected chi connectivity index (χ4v) is 4.75. The molecule has 0 saturated heterocycles. The average Bonchev–Trinajstić information content (AvgIpc) is 2.65. The number of hydrogen-bond donors (Lipinski definition) is 1. The first kappa shape index (κ1) is 32.1. The molecule has 170 valence electrons. The fraction of sp³-hybridized carbons (Fsp3) is 1.00. The number of aliphatic hydroxyl groups is 1. The second-order valence-corrected chi connectivity index (χ2v) is 10.1.